The molecule has 0 radical (unpaired) electrons. The van der Waals surface area contributed by atoms with Crippen LogP contribution in [0.15, 0.2) is 110 Å². The first-order chi connectivity index (χ1) is 40.0. The maximum absolute atomic E-state index is 13.4. The van der Waals surface area contributed by atoms with E-state index in [-0.39, 0.29) is 38.1 Å². The number of aliphatic hydroxyl groups excluding tert-OH is 2. The van der Waals surface area contributed by atoms with Gasteiger partial charge in [0.15, 0.2) is 23.0 Å². The topological polar surface area (TPSA) is 253 Å². The average molecular weight is 1130 g/mol. The fourth-order valence-corrected chi connectivity index (χ4v) is 9.38. The summed E-state index contributed by atoms with van der Waals surface area (Å²) in [5.41, 5.74) is 3.36. The first-order valence-electron chi connectivity index (χ1n) is 27.3. The highest BCUT2D eigenvalue weighted by Gasteiger charge is 2.25. The van der Waals surface area contributed by atoms with Crippen molar-refractivity contribution in [3.05, 3.63) is 122 Å². The summed E-state index contributed by atoms with van der Waals surface area (Å²) >= 11 is 0. The highest BCUT2D eigenvalue weighted by molar-refractivity contribution is 5.94. The van der Waals surface area contributed by atoms with Gasteiger partial charge >= 0.3 is 0 Å². The van der Waals surface area contributed by atoms with Crippen LogP contribution in [0.1, 0.15) is 44.9 Å². The van der Waals surface area contributed by atoms with E-state index < -0.39 is 11.6 Å². The first kappa shape index (κ1) is 58.1. The molecule has 0 saturated heterocycles. The summed E-state index contributed by atoms with van der Waals surface area (Å²) in [6, 6.07) is 19.3. The number of amides is 2. The molecule has 432 valence electrons. The predicted octanol–water partition coefficient (Wildman–Crippen LogP) is 7.80. The summed E-state index contributed by atoms with van der Waals surface area (Å²) in [6.07, 6.45) is 17.3. The zero-order valence-electron chi connectivity index (χ0n) is 45.8. The number of benzene rings is 4. The summed E-state index contributed by atoms with van der Waals surface area (Å²) < 4.78 is 53.1. The van der Waals surface area contributed by atoms with Gasteiger partial charge in [0.2, 0.25) is 11.8 Å². The highest BCUT2D eigenvalue weighted by Crippen LogP contribution is 2.37. The van der Waals surface area contributed by atoms with Crippen molar-refractivity contribution in [1.82, 2.24) is 49.3 Å². The maximum Gasteiger partial charge on any atom is 0.246 e. The van der Waals surface area contributed by atoms with E-state index in [2.05, 4.69) is 61.2 Å². The van der Waals surface area contributed by atoms with Crippen LogP contribution in [0, 0.1) is 17.6 Å². The van der Waals surface area contributed by atoms with Crippen molar-refractivity contribution in [2.45, 2.75) is 64.1 Å². The summed E-state index contributed by atoms with van der Waals surface area (Å²) in [5, 5.41) is 40.4. The van der Waals surface area contributed by atoms with Crippen molar-refractivity contribution >= 4 is 68.0 Å². The Hall–Kier alpha value is -8.58. The Balaban J connectivity index is 0.000000198. The zero-order valence-corrected chi connectivity index (χ0v) is 45.8. The Bertz CT molecular complexity index is 3400. The number of nitrogens with one attached hydrogen (secondary N) is 4. The Kier molecular flexibility index (Phi) is 20.3. The van der Waals surface area contributed by atoms with Crippen LogP contribution in [0.25, 0.3) is 21.8 Å². The molecule has 22 nitrogen and oxygen atoms in total. The second kappa shape index (κ2) is 28.7. The molecule has 8 aromatic rings. The molecule has 2 aliphatic carbocycles. The number of carbonyl (C=O) groups is 2. The van der Waals surface area contributed by atoms with Crippen LogP contribution in [0.4, 0.5) is 43.2 Å². The highest BCUT2D eigenvalue weighted by atomic mass is 19.1. The molecule has 0 atom stereocenters. The number of aliphatic hydroxyl groups is 2. The van der Waals surface area contributed by atoms with E-state index in [1.165, 1.54) is 90.5 Å². The first-order valence-corrected chi connectivity index (χ1v) is 27.3. The largest absolute Gasteiger partial charge is 0.493 e. The lowest BCUT2D eigenvalue weighted by Crippen LogP contribution is -2.42. The van der Waals surface area contributed by atoms with E-state index in [0.717, 1.165) is 49.2 Å². The van der Waals surface area contributed by atoms with Crippen molar-refractivity contribution in [3.8, 4) is 23.0 Å². The summed E-state index contributed by atoms with van der Waals surface area (Å²) in [4.78, 5) is 47.0. The van der Waals surface area contributed by atoms with Gasteiger partial charge in [0.25, 0.3) is 0 Å². The van der Waals surface area contributed by atoms with Crippen LogP contribution in [-0.2, 0) is 22.7 Å². The van der Waals surface area contributed by atoms with Crippen molar-refractivity contribution < 1.29 is 47.5 Å². The predicted molar refractivity (Wildman–Crippen MR) is 306 cm³/mol. The molecular weight excluding hydrogens is 1060 g/mol. The fraction of sp³-hybridized carbons (Fsp3) is 0.379. The van der Waals surface area contributed by atoms with Gasteiger partial charge in [-0.3, -0.25) is 23.9 Å². The van der Waals surface area contributed by atoms with E-state index in [0.29, 0.717) is 101 Å². The molecule has 2 amide bonds. The van der Waals surface area contributed by atoms with Crippen molar-refractivity contribution in [1.29, 1.82) is 0 Å². The fourth-order valence-electron chi connectivity index (χ4n) is 9.38. The molecule has 82 heavy (non-hydrogen) atoms. The Morgan fingerprint density at radius 3 is 1.59 bits per heavy atom. The van der Waals surface area contributed by atoms with Gasteiger partial charge in [-0.15, -0.1) is 0 Å². The second-order valence-electron chi connectivity index (χ2n) is 19.9. The van der Waals surface area contributed by atoms with Crippen LogP contribution in [0.5, 0.6) is 23.0 Å². The summed E-state index contributed by atoms with van der Waals surface area (Å²) in [6.45, 7) is 5.41. The normalized spacial score (nSPS) is 13.1. The Morgan fingerprint density at radius 1 is 0.622 bits per heavy atom. The van der Waals surface area contributed by atoms with Crippen molar-refractivity contribution in [2.24, 2.45) is 5.92 Å². The zero-order chi connectivity index (χ0) is 57.2. The standard InChI is InChI=1S/2C29H34FN7O4/c1-40-26-14-24-25(15-27(26)41-12-4-9-36(10-11-38)23-7-3-8-23)31-19-32-29(24)35-22-16-33-37(17-22)18-28(39)34-21-6-2-5-20(30)13-21;1-40-26-13-24-25(14-27(26)41-11-3-8-36(9-10-38)16-20-6-7-20)31-19-32-29(24)35-23-15-33-37(17-23)18-28(39)34-22-5-2-4-21(30)12-22/h2,5-6,13-17,19,23,38H,3-4,7-12,18H2,1H3,(H,34,39)(H,31,32,35);2,4-5,12-15,17,19-20,38H,3,6-11,16,18H2,1H3,(H,34,39)(H,31,32,35). The lowest BCUT2D eigenvalue weighted by Gasteiger charge is -2.37. The lowest BCUT2D eigenvalue weighted by atomic mass is 9.91. The molecule has 0 spiro atoms. The van der Waals surface area contributed by atoms with E-state index in [1.807, 2.05) is 24.3 Å². The van der Waals surface area contributed by atoms with Gasteiger partial charge in [-0.25, -0.2) is 28.7 Å². The van der Waals surface area contributed by atoms with Crippen molar-refractivity contribution in [2.75, 3.05) is 94.6 Å². The number of nitrogens with zero attached hydrogens (tertiary/aromatic N) is 10. The minimum atomic E-state index is -0.425. The Morgan fingerprint density at radius 2 is 1.13 bits per heavy atom. The van der Waals surface area contributed by atoms with Gasteiger partial charge in [-0.05, 0) is 93.0 Å². The van der Waals surface area contributed by atoms with Crippen LogP contribution in [0.3, 0.4) is 0 Å². The molecule has 24 heteroatoms. The van der Waals surface area contributed by atoms with Gasteiger partial charge in [0.05, 0.1) is 75.4 Å². The lowest BCUT2D eigenvalue weighted by molar-refractivity contribution is -0.117. The number of anilines is 6. The number of rotatable bonds is 29. The quantitative estimate of drug-likeness (QED) is 0.0245. The van der Waals surface area contributed by atoms with E-state index >= 15 is 0 Å². The SMILES string of the molecule is COc1cc2c(Nc3cnn(CC(=O)Nc4cccc(F)c4)c3)ncnc2cc1OCCCN(CCO)C1CCC1.COc1cc2c(Nc3cnn(CC(=O)Nc4cccc(F)c4)c3)ncnc2cc1OCCCN(CCO)CC1CC1. The monoisotopic (exact) mass is 1130 g/mol. The molecule has 0 unspecified atom stereocenters. The van der Waals surface area contributed by atoms with Gasteiger partial charge in [-0.1, -0.05) is 18.6 Å². The minimum absolute atomic E-state index is 0.0460. The summed E-state index contributed by atoms with van der Waals surface area (Å²) in [5.74, 6) is 2.65. The molecule has 4 heterocycles. The number of aromatic nitrogens is 8. The number of fused-ring (bicyclic) bond motifs is 2. The number of methoxy groups -OCH3 is 2. The molecule has 4 aromatic carbocycles. The number of carbonyl (C=O) groups excluding carboxylic acids is 2. The Labute approximate surface area is 472 Å². The third-order valence-electron chi connectivity index (χ3n) is 13.8. The third kappa shape index (κ3) is 16.5. The maximum atomic E-state index is 13.4. The van der Waals surface area contributed by atoms with Gasteiger partial charge in [0.1, 0.15) is 49.0 Å². The van der Waals surface area contributed by atoms with Crippen LogP contribution in [-0.4, -0.2) is 151 Å². The third-order valence-corrected chi connectivity index (χ3v) is 13.8. The van der Waals surface area contributed by atoms with Crippen LogP contribution >= 0.6 is 0 Å². The molecule has 10 rings (SSSR count). The molecule has 6 N–H and O–H groups in total. The van der Waals surface area contributed by atoms with Gasteiger partial charge in [-0.2, -0.15) is 10.2 Å². The van der Waals surface area contributed by atoms with Crippen LogP contribution in [0.2, 0.25) is 0 Å². The van der Waals surface area contributed by atoms with Gasteiger partial charge < -0.3 is 55.3 Å². The minimum Gasteiger partial charge on any atom is -0.493 e. The molecule has 0 aliphatic heterocycles. The molecule has 2 aliphatic rings. The molecule has 2 fully saturated rings. The second-order valence-corrected chi connectivity index (χ2v) is 19.9. The van der Waals surface area contributed by atoms with Crippen LogP contribution < -0.4 is 40.2 Å². The molecule has 0 bridgehead atoms. The smallest absolute Gasteiger partial charge is 0.246 e. The number of hydrogen-bond donors (Lipinski definition) is 6. The van der Waals surface area contributed by atoms with E-state index in [9.17, 15) is 28.6 Å². The van der Waals surface area contributed by atoms with Crippen molar-refractivity contribution in [3.63, 3.8) is 0 Å². The number of halogens is 2. The van der Waals surface area contributed by atoms with E-state index in [1.54, 1.807) is 51.1 Å². The molecule has 4 aromatic heterocycles. The molecular formula is C58H68F2N14O8. The van der Waals surface area contributed by atoms with E-state index in [4.69, 9.17) is 18.9 Å². The number of hydrogen-bond acceptors (Lipinski definition) is 18. The summed E-state index contributed by atoms with van der Waals surface area (Å²) in [7, 11) is 3.17. The number of ether oxygens (including phenoxy) is 4. The van der Waals surface area contributed by atoms with Gasteiger partial charge in [0, 0.05) is 85.4 Å². The molecule has 2 saturated carbocycles. The average Bonchev–Trinajstić information content (AvgIpc) is 4.02.